The molecule has 3 N–H and O–H groups in total. The van der Waals surface area contributed by atoms with Gasteiger partial charge in [-0.25, -0.2) is 4.79 Å². The van der Waals surface area contributed by atoms with Crippen molar-refractivity contribution >= 4 is 23.9 Å². The summed E-state index contributed by atoms with van der Waals surface area (Å²) in [4.78, 5) is 54.1. The number of hydrogen-bond acceptors (Lipinski definition) is 6. The van der Waals surface area contributed by atoms with Crippen LogP contribution < -0.4 is 10.6 Å². The van der Waals surface area contributed by atoms with Crippen LogP contribution in [-0.2, 0) is 25.7 Å². The molecule has 1 fully saturated rings. The third-order valence-corrected chi connectivity index (χ3v) is 7.71. The third kappa shape index (κ3) is 6.44. The van der Waals surface area contributed by atoms with Crippen LogP contribution >= 0.6 is 0 Å². The van der Waals surface area contributed by atoms with Gasteiger partial charge in [0, 0.05) is 32.1 Å². The van der Waals surface area contributed by atoms with Gasteiger partial charge in [0.15, 0.2) is 0 Å². The van der Waals surface area contributed by atoms with Crippen LogP contribution in [0.1, 0.15) is 29.0 Å². The van der Waals surface area contributed by atoms with E-state index in [1.54, 1.807) is 0 Å². The van der Waals surface area contributed by atoms with Crippen molar-refractivity contribution in [1.29, 1.82) is 0 Å². The molecule has 5 rings (SSSR count). The first-order chi connectivity index (χ1) is 20.3. The smallest absolute Gasteiger partial charge is 0.407 e. The molecule has 10 nitrogen and oxygen atoms in total. The summed E-state index contributed by atoms with van der Waals surface area (Å²) < 4.78 is 5.71. The fourth-order valence-corrected chi connectivity index (χ4v) is 5.79. The number of benzene rings is 3. The monoisotopic (exact) mass is 570 g/mol. The Morgan fingerprint density at radius 2 is 1.62 bits per heavy atom. The highest BCUT2D eigenvalue weighted by Crippen LogP contribution is 2.44. The Kier molecular flexibility index (Phi) is 8.83. The lowest BCUT2D eigenvalue weighted by Gasteiger charge is -2.37. The molecule has 1 aliphatic carbocycles. The average molecular weight is 571 g/mol. The first kappa shape index (κ1) is 28.8. The Bertz CT molecular complexity index is 1420. The van der Waals surface area contributed by atoms with Crippen molar-refractivity contribution in [3.63, 3.8) is 0 Å². The lowest BCUT2D eigenvalue weighted by Crippen LogP contribution is -2.63. The van der Waals surface area contributed by atoms with Gasteiger partial charge in [0.25, 0.3) is 0 Å². The Hall–Kier alpha value is -4.70. The van der Waals surface area contributed by atoms with Crippen molar-refractivity contribution in [2.75, 3.05) is 33.3 Å². The van der Waals surface area contributed by atoms with Crippen molar-refractivity contribution in [3.05, 3.63) is 95.6 Å². The zero-order valence-corrected chi connectivity index (χ0v) is 23.4. The van der Waals surface area contributed by atoms with Crippen LogP contribution in [0.25, 0.3) is 11.1 Å². The number of fused-ring (bicyclic) bond motifs is 3. The predicted molar refractivity (Wildman–Crippen MR) is 156 cm³/mol. The van der Waals surface area contributed by atoms with E-state index in [0.29, 0.717) is 6.54 Å². The van der Waals surface area contributed by atoms with Crippen LogP contribution in [0, 0.1) is 0 Å². The zero-order valence-electron chi connectivity index (χ0n) is 23.4. The number of nitrogens with one attached hydrogen (secondary N) is 2. The van der Waals surface area contributed by atoms with E-state index in [9.17, 15) is 24.3 Å². The van der Waals surface area contributed by atoms with Crippen LogP contribution in [0.15, 0.2) is 78.9 Å². The van der Waals surface area contributed by atoms with Crippen LogP contribution in [0.3, 0.4) is 0 Å². The number of carboxylic acid groups (broad SMARTS) is 1. The van der Waals surface area contributed by atoms with Gasteiger partial charge in [0.2, 0.25) is 11.8 Å². The number of aliphatic carboxylic acids is 1. The second-order valence-corrected chi connectivity index (χ2v) is 10.6. The second-order valence-electron chi connectivity index (χ2n) is 10.6. The summed E-state index contributed by atoms with van der Waals surface area (Å²) in [5, 5.41) is 14.7. The number of hydrogen-bond donors (Lipinski definition) is 3. The fraction of sp³-hybridized carbons (Fsp3) is 0.312. The molecule has 1 heterocycles. The van der Waals surface area contributed by atoms with Crippen molar-refractivity contribution in [2.24, 2.45) is 0 Å². The summed E-state index contributed by atoms with van der Waals surface area (Å²) in [6, 6.07) is 23.5. The number of carbonyl (C=O) groups is 4. The van der Waals surface area contributed by atoms with Crippen molar-refractivity contribution in [1.82, 2.24) is 20.4 Å². The van der Waals surface area contributed by atoms with Gasteiger partial charge in [-0.05, 0) is 34.9 Å². The number of rotatable bonds is 10. The summed E-state index contributed by atoms with van der Waals surface area (Å²) >= 11 is 0. The minimum Gasteiger partial charge on any atom is -0.481 e. The molecular formula is C32H34N4O6. The lowest BCUT2D eigenvalue weighted by molar-refractivity contribution is -0.149. The van der Waals surface area contributed by atoms with Gasteiger partial charge in [0.1, 0.15) is 18.7 Å². The molecule has 10 heteroatoms. The van der Waals surface area contributed by atoms with E-state index in [1.165, 1.54) is 4.90 Å². The van der Waals surface area contributed by atoms with Crippen LogP contribution in [0.2, 0.25) is 0 Å². The van der Waals surface area contributed by atoms with Gasteiger partial charge in [0.05, 0.1) is 6.42 Å². The van der Waals surface area contributed by atoms with E-state index < -0.39 is 42.4 Å². The fourth-order valence-electron chi connectivity index (χ4n) is 5.79. The number of nitrogens with zero attached hydrogens (tertiary/aromatic N) is 2. The molecule has 1 saturated heterocycles. The Morgan fingerprint density at radius 3 is 2.26 bits per heavy atom. The number of carbonyl (C=O) groups excluding carboxylic acids is 3. The highest BCUT2D eigenvalue weighted by molar-refractivity contribution is 5.94. The standard InChI is InChI=1S/C32H34N4O6/c1-35(18-21-9-3-2-4-10-21)19-27(31(40)36-16-15-33-30(39)28(36)17-29(37)38)34-32(41)42-20-26-24-13-7-5-11-22(24)23-12-6-8-14-25(23)26/h2-14,26-28H,15-20H2,1H3,(H,33,39)(H,34,41)(H,37,38). The molecule has 218 valence electrons. The zero-order chi connectivity index (χ0) is 29.6. The van der Waals surface area contributed by atoms with Gasteiger partial charge < -0.3 is 25.4 Å². The van der Waals surface area contributed by atoms with Gasteiger partial charge in [-0.3, -0.25) is 19.3 Å². The van der Waals surface area contributed by atoms with E-state index in [2.05, 4.69) is 10.6 Å². The number of piperazine rings is 1. The summed E-state index contributed by atoms with van der Waals surface area (Å²) in [6.07, 6.45) is -1.30. The molecule has 3 aromatic carbocycles. The molecule has 0 aromatic heterocycles. The minimum absolute atomic E-state index is 0.0778. The number of ether oxygens (including phenoxy) is 1. The van der Waals surface area contributed by atoms with E-state index in [4.69, 9.17) is 4.74 Å². The first-order valence-corrected chi connectivity index (χ1v) is 14.0. The molecule has 3 aromatic rings. The molecule has 42 heavy (non-hydrogen) atoms. The minimum atomic E-state index is -1.20. The first-order valence-electron chi connectivity index (χ1n) is 14.0. The molecular weight excluding hydrogens is 536 g/mol. The van der Waals surface area contributed by atoms with Crippen molar-refractivity contribution in [3.8, 4) is 11.1 Å². The van der Waals surface area contributed by atoms with E-state index in [0.717, 1.165) is 27.8 Å². The third-order valence-electron chi connectivity index (χ3n) is 7.71. The van der Waals surface area contributed by atoms with Gasteiger partial charge in [-0.1, -0.05) is 78.9 Å². The van der Waals surface area contributed by atoms with E-state index >= 15 is 0 Å². The molecule has 3 amide bonds. The molecule has 2 atom stereocenters. The van der Waals surface area contributed by atoms with Crippen molar-refractivity contribution < 1.29 is 29.0 Å². The SMILES string of the molecule is CN(Cc1ccccc1)CC(NC(=O)OCC1c2ccccc2-c2ccccc21)C(=O)N1CCNC(=O)C1CC(=O)O. The normalized spacial score (nSPS) is 16.8. The topological polar surface area (TPSA) is 128 Å². The Labute approximate surface area is 244 Å². The Morgan fingerprint density at radius 1 is 1.00 bits per heavy atom. The molecule has 2 unspecified atom stereocenters. The predicted octanol–water partition coefficient (Wildman–Crippen LogP) is 2.83. The largest absolute Gasteiger partial charge is 0.481 e. The number of amides is 3. The highest BCUT2D eigenvalue weighted by Gasteiger charge is 2.39. The van der Waals surface area contributed by atoms with E-state index in [1.807, 2.05) is 90.8 Å². The van der Waals surface area contributed by atoms with Crippen molar-refractivity contribution in [2.45, 2.75) is 31.0 Å². The molecule has 1 aliphatic heterocycles. The Balaban J connectivity index is 1.32. The van der Waals surface area contributed by atoms with E-state index in [-0.39, 0.29) is 32.2 Å². The average Bonchev–Trinajstić information content (AvgIpc) is 3.30. The molecule has 0 radical (unpaired) electrons. The van der Waals surface area contributed by atoms with Crippen LogP contribution in [-0.4, -0.2) is 84.2 Å². The second kappa shape index (κ2) is 12.9. The summed E-state index contributed by atoms with van der Waals surface area (Å²) in [7, 11) is 1.82. The summed E-state index contributed by atoms with van der Waals surface area (Å²) in [6.45, 7) is 1.03. The number of carboxylic acids is 1. The van der Waals surface area contributed by atoms with Crippen LogP contribution in [0.5, 0.6) is 0 Å². The van der Waals surface area contributed by atoms with Gasteiger partial charge >= 0.3 is 12.1 Å². The van der Waals surface area contributed by atoms with Gasteiger partial charge in [-0.2, -0.15) is 0 Å². The van der Waals surface area contributed by atoms with Gasteiger partial charge in [-0.15, -0.1) is 0 Å². The molecule has 2 aliphatic rings. The number of likely N-dealkylation sites (N-methyl/N-ethyl adjacent to an activating group) is 1. The number of alkyl carbamates (subject to hydrolysis) is 1. The lowest BCUT2D eigenvalue weighted by atomic mass is 9.98. The maximum absolute atomic E-state index is 13.8. The molecule has 0 spiro atoms. The van der Waals surface area contributed by atoms with Crippen LogP contribution in [0.4, 0.5) is 4.79 Å². The summed E-state index contributed by atoms with van der Waals surface area (Å²) in [5.74, 6) is -2.42. The maximum Gasteiger partial charge on any atom is 0.407 e. The maximum atomic E-state index is 13.8. The molecule has 0 bridgehead atoms. The molecule has 0 saturated carbocycles. The highest BCUT2D eigenvalue weighted by atomic mass is 16.5. The quantitative estimate of drug-likeness (QED) is 0.342. The summed E-state index contributed by atoms with van der Waals surface area (Å²) in [5.41, 5.74) is 5.36.